The molecule has 0 spiro atoms. The van der Waals surface area contributed by atoms with E-state index in [0.29, 0.717) is 5.56 Å². The van der Waals surface area contributed by atoms with E-state index in [0.717, 1.165) is 48.8 Å². The molecule has 4 heteroatoms. The second-order valence-electron chi connectivity index (χ2n) is 6.55. The maximum atomic E-state index is 12.6. The Morgan fingerprint density at radius 1 is 0.815 bits per heavy atom. The van der Waals surface area contributed by atoms with Crippen molar-refractivity contribution in [3.05, 3.63) is 84.4 Å². The zero-order chi connectivity index (χ0) is 18.5. The van der Waals surface area contributed by atoms with E-state index in [1.165, 1.54) is 0 Å². The van der Waals surface area contributed by atoms with Crippen LogP contribution in [0.15, 0.2) is 78.9 Å². The van der Waals surface area contributed by atoms with Gasteiger partial charge in [0.05, 0.1) is 13.2 Å². The van der Waals surface area contributed by atoms with Gasteiger partial charge in [-0.3, -0.25) is 4.79 Å². The predicted molar refractivity (Wildman–Crippen MR) is 109 cm³/mol. The zero-order valence-electron chi connectivity index (χ0n) is 15.1. The molecule has 1 amide bonds. The minimum Gasteiger partial charge on any atom is -0.378 e. The summed E-state index contributed by atoms with van der Waals surface area (Å²) in [6.07, 6.45) is 0. The summed E-state index contributed by atoms with van der Waals surface area (Å²) < 4.78 is 5.39. The molecule has 1 fully saturated rings. The molecule has 0 saturated carbocycles. The third-order valence-corrected chi connectivity index (χ3v) is 4.73. The SMILES string of the molecule is O=C(Nc1ccc(N2CCOCC2)cc1)c1cccc(-c2ccccc2)c1. The highest BCUT2D eigenvalue weighted by molar-refractivity contribution is 6.05. The standard InChI is InChI=1S/C23H22N2O2/c26-23(20-8-4-7-19(17-20)18-5-2-1-3-6-18)24-21-9-11-22(12-10-21)25-13-15-27-16-14-25/h1-12,17H,13-16H2,(H,24,26). The van der Waals surface area contributed by atoms with E-state index in [1.54, 1.807) is 0 Å². The topological polar surface area (TPSA) is 41.6 Å². The van der Waals surface area contributed by atoms with Crippen molar-refractivity contribution in [3.63, 3.8) is 0 Å². The Morgan fingerprint density at radius 3 is 2.26 bits per heavy atom. The fourth-order valence-electron chi connectivity index (χ4n) is 3.25. The van der Waals surface area contributed by atoms with Crippen molar-refractivity contribution in [1.29, 1.82) is 0 Å². The summed E-state index contributed by atoms with van der Waals surface area (Å²) in [5, 5.41) is 2.98. The molecule has 27 heavy (non-hydrogen) atoms. The number of carbonyl (C=O) groups is 1. The molecular formula is C23H22N2O2. The number of amides is 1. The largest absolute Gasteiger partial charge is 0.378 e. The fraction of sp³-hybridized carbons (Fsp3) is 0.174. The number of benzene rings is 3. The smallest absolute Gasteiger partial charge is 0.255 e. The minimum atomic E-state index is -0.105. The van der Waals surface area contributed by atoms with E-state index in [-0.39, 0.29) is 5.91 Å². The Morgan fingerprint density at radius 2 is 1.52 bits per heavy atom. The van der Waals surface area contributed by atoms with Gasteiger partial charge >= 0.3 is 0 Å². The maximum absolute atomic E-state index is 12.6. The summed E-state index contributed by atoms with van der Waals surface area (Å²) in [7, 11) is 0. The highest BCUT2D eigenvalue weighted by atomic mass is 16.5. The van der Waals surface area contributed by atoms with Gasteiger partial charge in [0.25, 0.3) is 5.91 Å². The fourth-order valence-corrected chi connectivity index (χ4v) is 3.25. The Bertz CT molecular complexity index is 901. The summed E-state index contributed by atoms with van der Waals surface area (Å²) in [6.45, 7) is 3.32. The van der Waals surface area contributed by atoms with Gasteiger partial charge in [0.15, 0.2) is 0 Å². The molecule has 0 unspecified atom stereocenters. The Balaban J connectivity index is 1.46. The Kier molecular flexibility index (Phi) is 5.17. The van der Waals surface area contributed by atoms with E-state index < -0.39 is 0 Å². The lowest BCUT2D eigenvalue weighted by molar-refractivity contribution is 0.102. The van der Waals surface area contributed by atoms with Crippen LogP contribution in [0.1, 0.15) is 10.4 Å². The molecule has 0 atom stereocenters. The molecule has 4 nitrogen and oxygen atoms in total. The number of carbonyl (C=O) groups excluding carboxylic acids is 1. The van der Waals surface area contributed by atoms with E-state index in [2.05, 4.69) is 10.2 Å². The van der Waals surface area contributed by atoms with E-state index in [1.807, 2.05) is 78.9 Å². The van der Waals surface area contributed by atoms with Crippen LogP contribution in [0.2, 0.25) is 0 Å². The summed E-state index contributed by atoms with van der Waals surface area (Å²) in [4.78, 5) is 14.9. The van der Waals surface area contributed by atoms with Crippen LogP contribution in [0.25, 0.3) is 11.1 Å². The highest BCUT2D eigenvalue weighted by Crippen LogP contribution is 2.22. The third kappa shape index (κ3) is 4.18. The molecule has 0 aromatic heterocycles. The maximum Gasteiger partial charge on any atom is 0.255 e. The Labute approximate surface area is 159 Å². The van der Waals surface area contributed by atoms with Gasteiger partial charge in [0.1, 0.15) is 0 Å². The quantitative estimate of drug-likeness (QED) is 0.749. The number of hydrogen-bond acceptors (Lipinski definition) is 3. The van der Waals surface area contributed by atoms with E-state index >= 15 is 0 Å². The molecule has 1 saturated heterocycles. The summed E-state index contributed by atoms with van der Waals surface area (Å²) in [6, 6.07) is 25.7. The van der Waals surface area contributed by atoms with Crippen molar-refractivity contribution in [1.82, 2.24) is 0 Å². The number of morpholine rings is 1. The summed E-state index contributed by atoms with van der Waals surface area (Å²) in [5.74, 6) is -0.105. The van der Waals surface area contributed by atoms with Gasteiger partial charge in [0, 0.05) is 30.0 Å². The molecular weight excluding hydrogens is 336 g/mol. The number of nitrogens with one attached hydrogen (secondary N) is 1. The zero-order valence-corrected chi connectivity index (χ0v) is 15.1. The van der Waals surface area contributed by atoms with Gasteiger partial charge in [0.2, 0.25) is 0 Å². The van der Waals surface area contributed by atoms with Gasteiger partial charge in [-0.25, -0.2) is 0 Å². The van der Waals surface area contributed by atoms with Crippen molar-refractivity contribution in [3.8, 4) is 11.1 Å². The van der Waals surface area contributed by atoms with Crippen LogP contribution in [-0.2, 0) is 4.74 Å². The molecule has 3 aromatic rings. The summed E-state index contributed by atoms with van der Waals surface area (Å²) >= 11 is 0. The lowest BCUT2D eigenvalue weighted by Gasteiger charge is -2.28. The van der Waals surface area contributed by atoms with Crippen LogP contribution in [0.4, 0.5) is 11.4 Å². The lowest BCUT2D eigenvalue weighted by Crippen LogP contribution is -2.36. The first kappa shape index (κ1) is 17.3. The third-order valence-electron chi connectivity index (χ3n) is 4.73. The average molecular weight is 358 g/mol. The molecule has 1 N–H and O–H groups in total. The van der Waals surface area contributed by atoms with Gasteiger partial charge in [-0.1, -0.05) is 42.5 Å². The first-order chi connectivity index (χ1) is 13.3. The second-order valence-corrected chi connectivity index (χ2v) is 6.55. The van der Waals surface area contributed by atoms with Crippen LogP contribution in [0.3, 0.4) is 0 Å². The minimum absolute atomic E-state index is 0.105. The van der Waals surface area contributed by atoms with Crippen LogP contribution < -0.4 is 10.2 Å². The second kappa shape index (κ2) is 8.06. The van der Waals surface area contributed by atoms with Gasteiger partial charge in [-0.15, -0.1) is 0 Å². The molecule has 3 aromatic carbocycles. The van der Waals surface area contributed by atoms with Gasteiger partial charge in [-0.05, 0) is 47.5 Å². The molecule has 0 aliphatic carbocycles. The van der Waals surface area contributed by atoms with Gasteiger partial charge in [-0.2, -0.15) is 0 Å². The highest BCUT2D eigenvalue weighted by Gasteiger charge is 2.12. The van der Waals surface area contributed by atoms with Crippen molar-refractivity contribution < 1.29 is 9.53 Å². The van der Waals surface area contributed by atoms with Crippen molar-refractivity contribution in [2.75, 3.05) is 36.5 Å². The first-order valence-electron chi connectivity index (χ1n) is 9.19. The van der Waals surface area contributed by atoms with Crippen LogP contribution in [0.5, 0.6) is 0 Å². The predicted octanol–water partition coefficient (Wildman–Crippen LogP) is 4.44. The Hall–Kier alpha value is -3.11. The van der Waals surface area contributed by atoms with Crippen LogP contribution in [0, 0.1) is 0 Å². The van der Waals surface area contributed by atoms with Gasteiger partial charge < -0.3 is 15.0 Å². The first-order valence-corrected chi connectivity index (χ1v) is 9.19. The number of rotatable bonds is 4. The van der Waals surface area contributed by atoms with Crippen molar-refractivity contribution >= 4 is 17.3 Å². The molecule has 4 rings (SSSR count). The number of nitrogens with zero attached hydrogens (tertiary/aromatic N) is 1. The van der Waals surface area contributed by atoms with E-state index in [9.17, 15) is 4.79 Å². The number of hydrogen-bond donors (Lipinski definition) is 1. The normalized spacial score (nSPS) is 14.0. The molecule has 1 aliphatic heterocycles. The van der Waals surface area contributed by atoms with Crippen LogP contribution >= 0.6 is 0 Å². The van der Waals surface area contributed by atoms with E-state index in [4.69, 9.17) is 4.74 Å². The number of anilines is 2. The average Bonchev–Trinajstić information content (AvgIpc) is 2.75. The molecule has 1 heterocycles. The monoisotopic (exact) mass is 358 g/mol. The molecule has 0 bridgehead atoms. The summed E-state index contributed by atoms with van der Waals surface area (Å²) in [5.41, 5.74) is 4.73. The van der Waals surface area contributed by atoms with Crippen LogP contribution in [-0.4, -0.2) is 32.2 Å². The van der Waals surface area contributed by atoms with Crippen molar-refractivity contribution in [2.24, 2.45) is 0 Å². The van der Waals surface area contributed by atoms with Crippen molar-refractivity contribution in [2.45, 2.75) is 0 Å². The number of ether oxygens (including phenoxy) is 1. The molecule has 136 valence electrons. The molecule has 0 radical (unpaired) electrons. The lowest BCUT2D eigenvalue weighted by atomic mass is 10.0. The molecule has 1 aliphatic rings.